The quantitative estimate of drug-likeness (QED) is 0.545. The summed E-state index contributed by atoms with van der Waals surface area (Å²) in [5.41, 5.74) is 1.34. The molecule has 0 amide bonds. The van der Waals surface area contributed by atoms with E-state index in [-0.39, 0.29) is 11.7 Å². The van der Waals surface area contributed by atoms with Gasteiger partial charge in [-0.1, -0.05) is 18.2 Å². The number of ether oxygens (including phenoxy) is 1. The topological polar surface area (TPSA) is 32.8 Å². The first-order chi connectivity index (χ1) is 5.81. The van der Waals surface area contributed by atoms with E-state index in [0.29, 0.717) is 6.10 Å². The minimum atomic E-state index is -0.141. The van der Waals surface area contributed by atoms with E-state index in [0.717, 1.165) is 19.3 Å². The normalized spacial score (nSPS) is 49.2. The Bertz CT molecular complexity index is 280. The summed E-state index contributed by atoms with van der Waals surface area (Å²) in [5.74, 6) is 0. The molecule has 0 bridgehead atoms. The van der Waals surface area contributed by atoms with E-state index in [4.69, 9.17) is 4.74 Å². The molecule has 1 spiro atoms. The molecule has 64 valence electrons. The van der Waals surface area contributed by atoms with E-state index < -0.39 is 0 Å². The second-order valence-corrected chi connectivity index (χ2v) is 3.90. The number of hydrogen-bond donors (Lipinski definition) is 1. The number of aliphatic hydroxyl groups is 1. The van der Waals surface area contributed by atoms with Crippen molar-refractivity contribution in [1.82, 2.24) is 0 Å². The third-order valence-corrected chi connectivity index (χ3v) is 3.17. The van der Waals surface area contributed by atoms with Gasteiger partial charge >= 0.3 is 0 Å². The summed E-state index contributed by atoms with van der Waals surface area (Å²) in [6, 6.07) is 0. The first-order valence-electron chi connectivity index (χ1n) is 4.55. The van der Waals surface area contributed by atoms with Crippen LogP contribution in [0.3, 0.4) is 0 Å². The van der Waals surface area contributed by atoms with E-state index in [9.17, 15) is 5.11 Å². The van der Waals surface area contributed by atoms with Gasteiger partial charge in [-0.2, -0.15) is 0 Å². The Morgan fingerprint density at radius 2 is 2.50 bits per heavy atom. The average Bonchev–Trinajstić information content (AvgIpc) is 2.77. The van der Waals surface area contributed by atoms with Crippen molar-refractivity contribution in [2.75, 3.05) is 0 Å². The maximum absolute atomic E-state index is 9.46. The molecule has 1 N–H and O–H groups in total. The number of rotatable bonds is 0. The molecule has 1 saturated heterocycles. The molecule has 1 aliphatic heterocycles. The molecule has 2 aliphatic carbocycles. The van der Waals surface area contributed by atoms with E-state index in [1.54, 1.807) is 0 Å². The number of aliphatic hydroxyl groups excluding tert-OH is 1. The highest BCUT2D eigenvalue weighted by Gasteiger charge is 2.59. The first-order valence-corrected chi connectivity index (χ1v) is 4.55. The molecule has 0 radical (unpaired) electrons. The molecule has 2 fully saturated rings. The molecule has 0 aromatic carbocycles. The molecule has 2 nitrogen and oxygen atoms in total. The minimum absolute atomic E-state index is 0.0357. The standard InChI is InChI=1S/C10H12O2/c11-8-4-5-10-7(6-8)2-1-3-9(10)12-10/h1-3,8-9,11H,4-6H2. The second-order valence-electron chi connectivity index (χ2n) is 3.90. The maximum atomic E-state index is 9.46. The minimum Gasteiger partial charge on any atom is -0.393 e. The van der Waals surface area contributed by atoms with Gasteiger partial charge in [0.25, 0.3) is 0 Å². The van der Waals surface area contributed by atoms with Crippen LogP contribution in [0, 0.1) is 0 Å². The van der Waals surface area contributed by atoms with Crippen molar-refractivity contribution >= 4 is 0 Å². The average molecular weight is 164 g/mol. The first kappa shape index (κ1) is 6.87. The predicted molar refractivity (Wildman–Crippen MR) is 44.7 cm³/mol. The van der Waals surface area contributed by atoms with E-state index >= 15 is 0 Å². The summed E-state index contributed by atoms with van der Waals surface area (Å²) < 4.78 is 5.65. The van der Waals surface area contributed by atoms with Crippen LogP contribution in [0.15, 0.2) is 23.8 Å². The maximum Gasteiger partial charge on any atom is 0.120 e. The van der Waals surface area contributed by atoms with Crippen molar-refractivity contribution in [2.45, 2.75) is 37.1 Å². The fraction of sp³-hybridized carbons (Fsp3) is 0.600. The molecular weight excluding hydrogens is 152 g/mol. The van der Waals surface area contributed by atoms with Crippen LogP contribution in [0.4, 0.5) is 0 Å². The summed E-state index contributed by atoms with van der Waals surface area (Å²) in [6.45, 7) is 0. The highest BCUT2D eigenvalue weighted by atomic mass is 16.6. The van der Waals surface area contributed by atoms with E-state index in [1.807, 2.05) is 6.08 Å². The van der Waals surface area contributed by atoms with Crippen molar-refractivity contribution in [3.63, 3.8) is 0 Å². The monoisotopic (exact) mass is 164 g/mol. The van der Waals surface area contributed by atoms with Gasteiger partial charge in [-0.3, -0.25) is 0 Å². The molecule has 1 heterocycles. The smallest absolute Gasteiger partial charge is 0.120 e. The van der Waals surface area contributed by atoms with Crippen molar-refractivity contribution in [1.29, 1.82) is 0 Å². The number of allylic oxidation sites excluding steroid dienone is 2. The third-order valence-electron chi connectivity index (χ3n) is 3.17. The number of epoxide rings is 1. The Kier molecular flexibility index (Phi) is 1.15. The van der Waals surface area contributed by atoms with Crippen molar-refractivity contribution in [3.05, 3.63) is 23.8 Å². The van der Waals surface area contributed by atoms with Gasteiger partial charge in [0, 0.05) is 0 Å². The molecular formula is C10H12O2. The van der Waals surface area contributed by atoms with Crippen LogP contribution in [0.25, 0.3) is 0 Å². The SMILES string of the molecule is OC1CCC23OC2C=CC=C3C1. The van der Waals surface area contributed by atoms with Crippen LogP contribution >= 0.6 is 0 Å². The van der Waals surface area contributed by atoms with Gasteiger partial charge in [-0.25, -0.2) is 0 Å². The molecule has 3 aliphatic rings. The van der Waals surface area contributed by atoms with Crippen LogP contribution in [-0.4, -0.2) is 22.9 Å². The lowest BCUT2D eigenvalue weighted by Gasteiger charge is -2.27. The van der Waals surface area contributed by atoms with Gasteiger partial charge in [0.2, 0.25) is 0 Å². The third kappa shape index (κ3) is 0.718. The van der Waals surface area contributed by atoms with E-state index in [1.165, 1.54) is 5.57 Å². The molecule has 3 rings (SSSR count). The molecule has 0 aromatic rings. The van der Waals surface area contributed by atoms with Crippen molar-refractivity contribution in [2.24, 2.45) is 0 Å². The molecule has 12 heavy (non-hydrogen) atoms. The van der Waals surface area contributed by atoms with Gasteiger partial charge in [0.15, 0.2) is 0 Å². The summed E-state index contributed by atoms with van der Waals surface area (Å²) in [6.07, 6.45) is 9.14. The zero-order valence-corrected chi connectivity index (χ0v) is 6.86. The lowest BCUT2D eigenvalue weighted by Crippen LogP contribution is -2.30. The van der Waals surface area contributed by atoms with Gasteiger partial charge < -0.3 is 9.84 Å². The Morgan fingerprint density at radius 1 is 1.58 bits per heavy atom. The molecule has 3 unspecified atom stereocenters. The summed E-state index contributed by atoms with van der Waals surface area (Å²) >= 11 is 0. The lowest BCUT2D eigenvalue weighted by molar-refractivity contribution is 0.124. The molecule has 3 atom stereocenters. The second kappa shape index (κ2) is 2.01. The highest BCUT2D eigenvalue weighted by Crippen LogP contribution is 2.53. The molecule has 2 heteroatoms. The number of hydrogen-bond acceptors (Lipinski definition) is 2. The van der Waals surface area contributed by atoms with Gasteiger partial charge in [0.1, 0.15) is 11.7 Å². The fourth-order valence-electron chi connectivity index (χ4n) is 2.40. The summed E-state index contributed by atoms with van der Waals surface area (Å²) in [7, 11) is 0. The van der Waals surface area contributed by atoms with Crippen LogP contribution in [-0.2, 0) is 4.74 Å². The van der Waals surface area contributed by atoms with Crippen LogP contribution in [0.1, 0.15) is 19.3 Å². The lowest BCUT2D eigenvalue weighted by atomic mass is 9.78. The Labute approximate surface area is 71.5 Å². The Hall–Kier alpha value is -0.600. The predicted octanol–water partition coefficient (Wildman–Crippen LogP) is 1.16. The van der Waals surface area contributed by atoms with Crippen LogP contribution in [0.5, 0.6) is 0 Å². The summed E-state index contributed by atoms with van der Waals surface area (Å²) in [5, 5.41) is 9.46. The van der Waals surface area contributed by atoms with Crippen molar-refractivity contribution in [3.8, 4) is 0 Å². The van der Waals surface area contributed by atoms with Crippen LogP contribution < -0.4 is 0 Å². The zero-order chi connectivity index (χ0) is 8.18. The Morgan fingerprint density at radius 3 is 3.42 bits per heavy atom. The van der Waals surface area contributed by atoms with Gasteiger partial charge in [-0.05, 0) is 24.8 Å². The van der Waals surface area contributed by atoms with Gasteiger partial charge in [-0.15, -0.1) is 0 Å². The fourth-order valence-corrected chi connectivity index (χ4v) is 2.40. The van der Waals surface area contributed by atoms with E-state index in [2.05, 4.69) is 12.2 Å². The Balaban J connectivity index is 1.96. The van der Waals surface area contributed by atoms with Crippen molar-refractivity contribution < 1.29 is 9.84 Å². The van der Waals surface area contributed by atoms with Gasteiger partial charge in [0.05, 0.1) is 6.10 Å². The zero-order valence-electron chi connectivity index (χ0n) is 6.86. The molecule has 1 saturated carbocycles. The molecule has 0 aromatic heterocycles. The van der Waals surface area contributed by atoms with Crippen LogP contribution in [0.2, 0.25) is 0 Å². The highest BCUT2D eigenvalue weighted by molar-refractivity contribution is 5.40. The summed E-state index contributed by atoms with van der Waals surface area (Å²) in [4.78, 5) is 0. The largest absolute Gasteiger partial charge is 0.393 e.